The van der Waals surface area contributed by atoms with Gasteiger partial charge in [-0.1, -0.05) is 46.3 Å². The molecule has 2 amide bonds. The molecule has 1 heterocycles. The number of halogens is 1. The molecule has 0 unspecified atom stereocenters. The molecule has 132 valence electrons. The van der Waals surface area contributed by atoms with Crippen molar-refractivity contribution in [1.82, 2.24) is 10.6 Å². The molecule has 3 rings (SSSR count). The number of nitrogens with one attached hydrogen (secondary N) is 2. The van der Waals surface area contributed by atoms with E-state index in [1.807, 2.05) is 36.4 Å². The first-order chi connectivity index (χ1) is 12.5. The fourth-order valence-electron chi connectivity index (χ4n) is 2.62. The normalized spacial score (nSPS) is 13.9. The number of carbonyl (C=O) groups is 2. The highest BCUT2D eigenvalue weighted by Gasteiger charge is 2.25. The minimum absolute atomic E-state index is 0.000734. The zero-order valence-electron chi connectivity index (χ0n) is 13.8. The fraction of sp³-hybridized carbons (Fsp3) is 0.105. The smallest absolute Gasteiger partial charge is 0.263 e. The molecule has 2 aromatic rings. The Morgan fingerprint density at radius 2 is 1.77 bits per heavy atom. The number of methoxy groups -OCH3 is 1. The van der Waals surface area contributed by atoms with Gasteiger partial charge in [0.1, 0.15) is 11.3 Å². The second-order valence-corrected chi connectivity index (χ2v) is 6.90. The quantitative estimate of drug-likeness (QED) is 0.444. The van der Waals surface area contributed by atoms with E-state index >= 15 is 0 Å². The summed E-state index contributed by atoms with van der Waals surface area (Å²) in [6.45, 7) is 0. The van der Waals surface area contributed by atoms with Crippen LogP contribution in [0.25, 0.3) is 6.08 Å². The van der Waals surface area contributed by atoms with E-state index in [0.717, 1.165) is 15.6 Å². The summed E-state index contributed by atoms with van der Waals surface area (Å²) in [6, 6.07) is 13.5. The van der Waals surface area contributed by atoms with Crippen LogP contribution in [0.15, 0.2) is 52.5 Å². The predicted molar refractivity (Wildman–Crippen MR) is 107 cm³/mol. The molecular weight excluding hydrogens is 416 g/mol. The molecule has 0 saturated carbocycles. The summed E-state index contributed by atoms with van der Waals surface area (Å²) >= 11 is 8.34. The number of hydrogen-bond acceptors (Lipinski definition) is 4. The number of thiocarbonyl (C=S) groups is 1. The van der Waals surface area contributed by atoms with Crippen LogP contribution >= 0.6 is 28.1 Å². The van der Waals surface area contributed by atoms with E-state index in [0.29, 0.717) is 17.7 Å². The first-order valence-electron chi connectivity index (χ1n) is 7.76. The molecular formula is C19H15BrN2O3S. The lowest BCUT2D eigenvalue weighted by molar-refractivity contribution is -0.123. The van der Waals surface area contributed by atoms with Crippen molar-refractivity contribution in [3.05, 3.63) is 69.2 Å². The monoisotopic (exact) mass is 430 g/mol. The van der Waals surface area contributed by atoms with E-state index in [4.69, 9.17) is 17.0 Å². The number of carbonyl (C=O) groups excluding carboxylic acids is 2. The Kier molecular flexibility index (Phi) is 5.49. The highest BCUT2D eigenvalue weighted by Crippen LogP contribution is 2.27. The van der Waals surface area contributed by atoms with Gasteiger partial charge in [-0.25, -0.2) is 0 Å². The third-order valence-electron chi connectivity index (χ3n) is 3.90. The van der Waals surface area contributed by atoms with Crippen molar-refractivity contribution in [1.29, 1.82) is 0 Å². The van der Waals surface area contributed by atoms with Crippen LogP contribution in [0.3, 0.4) is 0 Å². The molecule has 1 aliphatic heterocycles. The van der Waals surface area contributed by atoms with Crippen LogP contribution < -0.4 is 15.4 Å². The van der Waals surface area contributed by atoms with Gasteiger partial charge in [-0.15, -0.1) is 0 Å². The highest BCUT2D eigenvalue weighted by atomic mass is 79.9. The third-order valence-corrected chi connectivity index (χ3v) is 4.88. The van der Waals surface area contributed by atoms with Crippen LogP contribution in [-0.4, -0.2) is 24.0 Å². The van der Waals surface area contributed by atoms with Gasteiger partial charge in [-0.3, -0.25) is 20.2 Å². The summed E-state index contributed by atoms with van der Waals surface area (Å²) in [5.74, 6) is -0.354. The molecule has 2 N–H and O–H groups in total. The van der Waals surface area contributed by atoms with Crippen molar-refractivity contribution in [2.75, 3.05) is 7.11 Å². The summed E-state index contributed by atoms with van der Waals surface area (Å²) in [5.41, 5.74) is 2.82. The molecule has 26 heavy (non-hydrogen) atoms. The molecule has 1 aliphatic rings. The Hall–Kier alpha value is -2.51. The second kappa shape index (κ2) is 7.80. The minimum Gasteiger partial charge on any atom is -0.496 e. The molecule has 0 radical (unpaired) electrons. The number of ether oxygens (including phenoxy) is 1. The number of rotatable bonds is 4. The summed E-state index contributed by atoms with van der Waals surface area (Å²) in [4.78, 5) is 23.9. The van der Waals surface area contributed by atoms with Crippen molar-refractivity contribution in [3.63, 3.8) is 0 Å². The Morgan fingerprint density at radius 1 is 1.08 bits per heavy atom. The first kappa shape index (κ1) is 18.3. The van der Waals surface area contributed by atoms with E-state index in [1.54, 1.807) is 13.2 Å². The van der Waals surface area contributed by atoms with Crippen LogP contribution in [0.5, 0.6) is 5.75 Å². The van der Waals surface area contributed by atoms with E-state index in [-0.39, 0.29) is 10.7 Å². The average Bonchev–Trinajstić information content (AvgIpc) is 2.61. The van der Waals surface area contributed by atoms with Crippen molar-refractivity contribution in [2.24, 2.45) is 0 Å². The fourth-order valence-corrected chi connectivity index (χ4v) is 3.23. The Balaban J connectivity index is 1.91. The maximum absolute atomic E-state index is 12.0. The Morgan fingerprint density at radius 3 is 2.42 bits per heavy atom. The van der Waals surface area contributed by atoms with Gasteiger partial charge in [0.05, 0.1) is 7.11 Å². The van der Waals surface area contributed by atoms with E-state index < -0.39 is 11.8 Å². The largest absolute Gasteiger partial charge is 0.496 e. The van der Waals surface area contributed by atoms with Gasteiger partial charge in [0.15, 0.2) is 5.11 Å². The topological polar surface area (TPSA) is 67.4 Å². The van der Waals surface area contributed by atoms with Crippen molar-refractivity contribution >= 4 is 51.2 Å². The van der Waals surface area contributed by atoms with Crippen LogP contribution in [-0.2, 0) is 16.0 Å². The first-order valence-corrected chi connectivity index (χ1v) is 8.96. The predicted octanol–water partition coefficient (Wildman–Crippen LogP) is 2.96. The van der Waals surface area contributed by atoms with Crippen molar-refractivity contribution in [2.45, 2.75) is 6.42 Å². The second-order valence-electron chi connectivity index (χ2n) is 5.63. The van der Waals surface area contributed by atoms with Gasteiger partial charge in [-0.2, -0.15) is 0 Å². The molecule has 0 aliphatic carbocycles. The summed E-state index contributed by atoms with van der Waals surface area (Å²) < 4.78 is 6.52. The van der Waals surface area contributed by atoms with Gasteiger partial charge in [0.25, 0.3) is 11.8 Å². The summed E-state index contributed by atoms with van der Waals surface area (Å²) in [6.07, 6.45) is 2.20. The summed E-state index contributed by atoms with van der Waals surface area (Å²) in [5, 5.41) is 4.84. The zero-order valence-corrected chi connectivity index (χ0v) is 16.2. The maximum atomic E-state index is 12.0. The van der Waals surface area contributed by atoms with Crippen LogP contribution in [0.1, 0.15) is 16.7 Å². The van der Waals surface area contributed by atoms with E-state index in [1.165, 1.54) is 6.08 Å². The average molecular weight is 431 g/mol. The molecule has 5 nitrogen and oxygen atoms in total. The lowest BCUT2D eigenvalue weighted by Crippen LogP contribution is -2.51. The minimum atomic E-state index is -0.519. The summed E-state index contributed by atoms with van der Waals surface area (Å²) in [7, 11) is 1.59. The molecule has 1 fully saturated rings. The molecule has 2 aromatic carbocycles. The molecule has 0 atom stereocenters. The van der Waals surface area contributed by atoms with Crippen LogP contribution in [0.2, 0.25) is 0 Å². The van der Waals surface area contributed by atoms with Crippen molar-refractivity contribution in [3.8, 4) is 5.75 Å². The van der Waals surface area contributed by atoms with Crippen molar-refractivity contribution < 1.29 is 14.3 Å². The van der Waals surface area contributed by atoms with Gasteiger partial charge >= 0.3 is 0 Å². The van der Waals surface area contributed by atoms with Gasteiger partial charge in [-0.05, 0) is 47.1 Å². The number of benzene rings is 2. The standard InChI is InChI=1S/C19H15BrN2O3S/c1-25-16-9-11(8-14-17(23)21-19(26)22-18(14)24)6-7-13(16)10-12-4-2-3-5-15(12)20/h2-9H,10H2,1H3,(H2,21,22,23,24,26). The van der Waals surface area contributed by atoms with E-state index in [2.05, 4.69) is 26.6 Å². The Bertz CT molecular complexity index is 918. The Labute approximate surface area is 164 Å². The lowest BCUT2D eigenvalue weighted by Gasteiger charge is -2.16. The third kappa shape index (κ3) is 4.00. The van der Waals surface area contributed by atoms with Gasteiger partial charge < -0.3 is 4.74 Å². The maximum Gasteiger partial charge on any atom is 0.263 e. The SMILES string of the molecule is COc1cc(C=C2C(=O)NC(=S)NC2=O)ccc1Cc1ccccc1Br. The molecule has 0 aromatic heterocycles. The molecule has 0 bridgehead atoms. The molecule has 1 saturated heterocycles. The molecule has 0 spiro atoms. The zero-order chi connectivity index (χ0) is 18.7. The van der Waals surface area contributed by atoms with Gasteiger partial charge in [0, 0.05) is 10.9 Å². The van der Waals surface area contributed by atoms with Crippen LogP contribution in [0.4, 0.5) is 0 Å². The molecule has 7 heteroatoms. The van der Waals surface area contributed by atoms with E-state index in [9.17, 15) is 9.59 Å². The van der Waals surface area contributed by atoms with Crippen LogP contribution in [0, 0.1) is 0 Å². The lowest BCUT2D eigenvalue weighted by atomic mass is 10.0. The van der Waals surface area contributed by atoms with Gasteiger partial charge in [0.2, 0.25) is 0 Å². The highest BCUT2D eigenvalue weighted by molar-refractivity contribution is 9.10. The number of amides is 2. The number of hydrogen-bond donors (Lipinski definition) is 2.